The van der Waals surface area contributed by atoms with E-state index in [4.69, 9.17) is 16.3 Å². The summed E-state index contributed by atoms with van der Waals surface area (Å²) in [6.07, 6.45) is 4.44. The van der Waals surface area contributed by atoms with Gasteiger partial charge in [-0.3, -0.25) is 4.72 Å². The van der Waals surface area contributed by atoms with Crippen LogP contribution in [-0.4, -0.2) is 47.4 Å². The minimum absolute atomic E-state index is 0.0331. The Labute approximate surface area is 228 Å². The third-order valence-corrected chi connectivity index (χ3v) is 8.02. The predicted octanol–water partition coefficient (Wildman–Crippen LogP) is 3.75. The van der Waals surface area contributed by atoms with Gasteiger partial charge in [-0.05, 0) is 49.9 Å². The zero-order valence-corrected chi connectivity index (χ0v) is 21.9. The number of benzene rings is 2. The Hall–Kier alpha value is -3.50. The van der Waals surface area contributed by atoms with Gasteiger partial charge < -0.3 is 20.3 Å². The van der Waals surface area contributed by atoms with Crippen molar-refractivity contribution >= 4 is 33.3 Å². The van der Waals surface area contributed by atoms with Gasteiger partial charge in [0.15, 0.2) is 5.82 Å². The summed E-state index contributed by atoms with van der Waals surface area (Å²) in [7, 11) is -4.45. The van der Waals surface area contributed by atoms with Crippen molar-refractivity contribution in [2.75, 3.05) is 16.6 Å². The molecule has 3 aromatic rings. The molecule has 2 aliphatic rings. The summed E-state index contributed by atoms with van der Waals surface area (Å²) in [5.41, 5.74) is -0.716. The number of nitrogens with one attached hydrogen (secondary N) is 2. The molecule has 2 aromatic carbocycles. The Balaban J connectivity index is 1.35. The third kappa shape index (κ3) is 5.91. The second-order valence-electron chi connectivity index (χ2n) is 9.23. The van der Waals surface area contributed by atoms with Crippen molar-refractivity contribution in [1.82, 2.24) is 9.97 Å². The van der Waals surface area contributed by atoms with Crippen LogP contribution in [0.25, 0.3) is 0 Å². The number of hydrogen-bond acceptors (Lipinski definition) is 8. The van der Waals surface area contributed by atoms with E-state index in [2.05, 4.69) is 31.8 Å². The van der Waals surface area contributed by atoms with Crippen molar-refractivity contribution in [1.29, 1.82) is 0 Å². The largest absolute Gasteiger partial charge is 0.489 e. The molecule has 5 rings (SSSR count). The predicted molar refractivity (Wildman–Crippen MR) is 139 cm³/mol. The summed E-state index contributed by atoms with van der Waals surface area (Å²) in [6, 6.07) is 4.46. The molecule has 1 aliphatic carbocycles. The highest BCUT2D eigenvalue weighted by Crippen LogP contribution is 2.40. The Morgan fingerprint density at radius 2 is 1.77 bits per heavy atom. The van der Waals surface area contributed by atoms with Crippen LogP contribution < -0.4 is 14.8 Å². The Morgan fingerprint density at radius 1 is 1.05 bits per heavy atom. The van der Waals surface area contributed by atoms with Crippen LogP contribution in [0.1, 0.15) is 48.5 Å². The minimum Gasteiger partial charge on any atom is -0.489 e. The maximum atomic E-state index is 15.2. The molecule has 204 valence electrons. The molecule has 1 atom stereocenters. The number of rotatable bonds is 5. The summed E-state index contributed by atoms with van der Waals surface area (Å²) >= 11 is 6.02. The Kier molecular flexibility index (Phi) is 7.59. The minimum atomic E-state index is -4.45. The molecule has 1 aliphatic heterocycles. The molecule has 1 fully saturated rings. The first-order valence-electron chi connectivity index (χ1n) is 12.0. The van der Waals surface area contributed by atoms with E-state index in [-0.39, 0.29) is 40.7 Å². The highest BCUT2D eigenvalue weighted by molar-refractivity contribution is 7.92. The number of nitrogens with zero attached hydrogens (tertiary/aromatic N) is 2. The monoisotopic (exact) mass is 576 g/mol. The fraction of sp³-hybridized carbons (Fsp3) is 0.308. The first kappa shape index (κ1) is 27.1. The van der Waals surface area contributed by atoms with Gasteiger partial charge in [0.2, 0.25) is 5.95 Å². The molecule has 2 heterocycles. The van der Waals surface area contributed by atoms with Crippen molar-refractivity contribution in [2.24, 2.45) is 0 Å². The van der Waals surface area contributed by atoms with E-state index in [1.54, 1.807) is 0 Å². The van der Waals surface area contributed by atoms with Gasteiger partial charge in [0.25, 0.3) is 10.0 Å². The summed E-state index contributed by atoms with van der Waals surface area (Å²) in [5, 5.41) is 22.8. The fourth-order valence-corrected chi connectivity index (χ4v) is 5.94. The molecule has 1 aromatic heterocycles. The smallest absolute Gasteiger partial charge is 0.265 e. The summed E-state index contributed by atoms with van der Waals surface area (Å²) in [6.45, 7) is -0.158. The summed E-state index contributed by atoms with van der Waals surface area (Å²) < 4.78 is 63.2. The molecule has 1 unspecified atom stereocenters. The van der Waals surface area contributed by atoms with Gasteiger partial charge >= 0.3 is 0 Å². The lowest BCUT2D eigenvalue weighted by Crippen LogP contribution is -2.28. The van der Waals surface area contributed by atoms with Crippen LogP contribution in [-0.2, 0) is 10.0 Å². The number of halogens is 3. The fourth-order valence-electron chi connectivity index (χ4n) is 4.39. The van der Waals surface area contributed by atoms with Crippen LogP contribution in [0.4, 0.5) is 20.4 Å². The first-order valence-corrected chi connectivity index (χ1v) is 13.9. The van der Waals surface area contributed by atoms with Gasteiger partial charge in [-0.1, -0.05) is 23.4 Å². The van der Waals surface area contributed by atoms with Crippen LogP contribution in [0.2, 0.25) is 5.02 Å². The van der Waals surface area contributed by atoms with Crippen molar-refractivity contribution in [3.8, 4) is 17.6 Å². The third-order valence-electron chi connectivity index (χ3n) is 6.43. The van der Waals surface area contributed by atoms with Crippen LogP contribution in [0.3, 0.4) is 0 Å². The van der Waals surface area contributed by atoms with Crippen LogP contribution in [0, 0.1) is 23.5 Å². The SMILES string of the molecule is O=S(=O)(Nc1ccc(F)c(C#Cc2cnc(NC3CCC(O)CC3)nc2)c1F)c1cc(Cl)cc2c1OCC2O. The topological polar surface area (TPSA) is 134 Å². The lowest BCUT2D eigenvalue weighted by Gasteiger charge is -2.25. The number of aliphatic hydroxyl groups excluding tert-OH is 2. The molecular weight excluding hydrogens is 554 g/mol. The number of hydrogen-bond donors (Lipinski definition) is 4. The van der Waals surface area contributed by atoms with Crippen molar-refractivity contribution < 1.29 is 32.1 Å². The molecular formula is C26H23ClF2N4O5S. The average Bonchev–Trinajstić information content (AvgIpc) is 3.27. The lowest BCUT2D eigenvalue weighted by atomic mass is 9.93. The molecule has 0 saturated heterocycles. The number of sulfonamides is 1. The van der Waals surface area contributed by atoms with E-state index >= 15 is 4.39 Å². The maximum absolute atomic E-state index is 15.2. The summed E-state index contributed by atoms with van der Waals surface area (Å²) in [4.78, 5) is 7.97. The highest BCUT2D eigenvalue weighted by atomic mass is 35.5. The molecule has 1 saturated carbocycles. The molecule has 4 N–H and O–H groups in total. The van der Waals surface area contributed by atoms with Gasteiger partial charge in [-0.25, -0.2) is 27.2 Å². The molecule has 0 spiro atoms. The maximum Gasteiger partial charge on any atom is 0.265 e. The molecule has 0 bridgehead atoms. The molecule has 13 heteroatoms. The second kappa shape index (κ2) is 10.9. The van der Waals surface area contributed by atoms with E-state index in [0.29, 0.717) is 18.8 Å². The summed E-state index contributed by atoms with van der Waals surface area (Å²) in [5.74, 6) is 3.04. The number of anilines is 2. The Bertz CT molecular complexity index is 1570. The van der Waals surface area contributed by atoms with Gasteiger partial charge in [-0.2, -0.15) is 0 Å². The van der Waals surface area contributed by atoms with E-state index < -0.39 is 43.9 Å². The second-order valence-corrected chi connectivity index (χ2v) is 11.3. The molecule has 0 radical (unpaired) electrons. The number of aromatic nitrogens is 2. The van der Waals surface area contributed by atoms with Crippen molar-refractivity contribution in [3.63, 3.8) is 0 Å². The number of ether oxygens (including phenoxy) is 1. The van der Waals surface area contributed by atoms with Gasteiger partial charge in [0.05, 0.1) is 22.9 Å². The zero-order valence-electron chi connectivity index (χ0n) is 20.3. The van der Waals surface area contributed by atoms with Crippen LogP contribution >= 0.6 is 11.6 Å². The zero-order chi connectivity index (χ0) is 27.7. The van der Waals surface area contributed by atoms with Crippen molar-refractivity contribution in [2.45, 2.75) is 48.8 Å². The molecule has 0 amide bonds. The van der Waals surface area contributed by atoms with Crippen molar-refractivity contribution in [3.05, 3.63) is 70.0 Å². The standard InChI is InChI=1S/C26H23ClF2N4O5S/c27-15-9-19-22(35)13-38-25(19)23(10-15)39(36,37)33-21-8-7-20(28)18(24(21)29)6-1-14-11-30-26(31-12-14)32-16-2-4-17(34)5-3-16/h7-12,16-17,22,33-35H,2-5,13H2,(H,30,31,32). The van der Waals surface area contributed by atoms with Gasteiger partial charge in [0.1, 0.15) is 29.2 Å². The quantitative estimate of drug-likeness (QED) is 0.338. The van der Waals surface area contributed by atoms with E-state index in [9.17, 15) is 23.0 Å². The van der Waals surface area contributed by atoms with E-state index in [1.807, 2.05) is 0 Å². The van der Waals surface area contributed by atoms with Gasteiger partial charge in [-0.15, -0.1) is 0 Å². The average molecular weight is 577 g/mol. The van der Waals surface area contributed by atoms with E-state index in [1.165, 1.54) is 18.5 Å². The first-order chi connectivity index (χ1) is 18.6. The molecule has 39 heavy (non-hydrogen) atoms. The molecule has 9 nitrogen and oxygen atoms in total. The normalized spacial score (nSPS) is 20.4. The van der Waals surface area contributed by atoms with E-state index in [0.717, 1.165) is 31.0 Å². The number of fused-ring (bicyclic) bond motifs is 1. The van der Waals surface area contributed by atoms with Crippen LogP contribution in [0.15, 0.2) is 41.6 Å². The van der Waals surface area contributed by atoms with Crippen LogP contribution in [0.5, 0.6) is 5.75 Å². The van der Waals surface area contributed by atoms with Gasteiger partial charge in [0, 0.05) is 29.0 Å². The Morgan fingerprint density at radius 3 is 2.49 bits per heavy atom. The lowest BCUT2D eigenvalue weighted by molar-refractivity contribution is 0.126. The highest BCUT2D eigenvalue weighted by Gasteiger charge is 2.32. The number of aliphatic hydroxyl groups is 2.